The molecule has 2 aromatic carbocycles. The Kier molecular flexibility index (Phi) is 13.0. The molecule has 322 valence electrons. The summed E-state index contributed by atoms with van der Waals surface area (Å²) < 4.78 is 18.1. The molecular weight excluding hydrogens is 791 g/mol. The first-order valence-corrected chi connectivity index (χ1v) is 19.9. The molecule has 0 saturated carbocycles. The fourth-order valence-corrected chi connectivity index (χ4v) is 7.44. The van der Waals surface area contributed by atoms with E-state index >= 15 is 0 Å². The van der Waals surface area contributed by atoms with Crippen LogP contribution in [0.25, 0.3) is 22.3 Å². The molecule has 2 aliphatic heterocycles. The van der Waals surface area contributed by atoms with E-state index in [1.165, 1.54) is 22.8 Å². The van der Waals surface area contributed by atoms with Gasteiger partial charge in [0.05, 0.1) is 40.0 Å². The van der Waals surface area contributed by atoms with E-state index in [0.29, 0.717) is 45.5 Å². The molecule has 6 rings (SSSR count). The number of fused-ring (bicyclic) bond motifs is 5. The number of cyclic esters (lactones) is 1. The average molecular weight is 840 g/mol. The van der Waals surface area contributed by atoms with E-state index in [-0.39, 0.29) is 79.8 Å². The largest absolute Gasteiger partial charge is 0.510 e. The van der Waals surface area contributed by atoms with Crippen molar-refractivity contribution in [2.24, 2.45) is 22.4 Å². The highest BCUT2D eigenvalue weighted by atomic mass is 16.7. The molecule has 0 fully saturated rings. The van der Waals surface area contributed by atoms with Gasteiger partial charge in [0.2, 0.25) is 17.4 Å². The molecule has 7 N–H and O–H groups in total. The van der Waals surface area contributed by atoms with E-state index in [9.17, 15) is 34.1 Å². The summed E-state index contributed by atoms with van der Waals surface area (Å²) in [6, 6.07) is 12.7. The zero-order valence-corrected chi connectivity index (χ0v) is 34.5. The van der Waals surface area contributed by atoms with Gasteiger partial charge < -0.3 is 46.2 Å². The molecule has 0 spiro atoms. The van der Waals surface area contributed by atoms with Crippen LogP contribution in [0.1, 0.15) is 76.1 Å². The number of aliphatic imine (C=N–C) groups is 1. The van der Waals surface area contributed by atoms with Gasteiger partial charge in [-0.05, 0) is 61.1 Å². The fraction of sp³-hybridized carbons (Fsp3) is 0.405. The van der Waals surface area contributed by atoms with E-state index in [2.05, 4.69) is 20.9 Å². The van der Waals surface area contributed by atoms with Crippen LogP contribution in [0.2, 0.25) is 0 Å². The predicted octanol–water partition coefficient (Wildman–Crippen LogP) is 3.85. The number of hydrogen-bond donors (Lipinski definition) is 5. The number of benzene rings is 2. The lowest BCUT2D eigenvalue weighted by Gasteiger charge is -2.35. The Labute approximate surface area is 350 Å². The van der Waals surface area contributed by atoms with Gasteiger partial charge in [-0.3, -0.25) is 29.5 Å². The maximum Gasteiger partial charge on any atom is 0.510 e. The number of nitro groups is 1. The number of aromatic nitrogens is 2. The van der Waals surface area contributed by atoms with Crippen LogP contribution in [0, 0.1) is 16.0 Å². The van der Waals surface area contributed by atoms with Crippen molar-refractivity contribution in [3.8, 4) is 11.4 Å². The number of ether oxygens (including phenoxy) is 3. The maximum atomic E-state index is 13.9. The van der Waals surface area contributed by atoms with Crippen molar-refractivity contribution in [1.82, 2.24) is 20.2 Å². The lowest BCUT2D eigenvalue weighted by atomic mass is 9.85. The summed E-state index contributed by atoms with van der Waals surface area (Å²) in [6.07, 6.45) is -0.594. The first-order valence-electron chi connectivity index (χ1n) is 19.9. The molecule has 0 bridgehead atoms. The van der Waals surface area contributed by atoms with Gasteiger partial charge in [-0.25, -0.2) is 14.6 Å². The SMILES string of the molecule is CC[C@@]1(OC(=O)OCc2ccc(NC(=O)[C@H](CCCN=C(N)N)NC(=O)[C@@H](NC(C)C)C(C)C)cc2)C(=O)OCc2c1cc1n(c2=O)Cc2cc3cc([N+](=O)[O-])ccc3nc2-1. The summed E-state index contributed by atoms with van der Waals surface area (Å²) in [5, 5.41) is 20.8. The lowest BCUT2D eigenvalue weighted by Crippen LogP contribution is -2.54. The minimum absolute atomic E-state index is 0.0359. The third-order valence-corrected chi connectivity index (χ3v) is 10.5. The molecule has 2 aliphatic rings. The molecule has 4 heterocycles. The number of hydrogen-bond acceptors (Lipinski definition) is 13. The number of non-ortho nitro benzene ring substituents is 1. The van der Waals surface area contributed by atoms with Gasteiger partial charge in [0, 0.05) is 46.9 Å². The number of amides is 2. The number of carbonyl (C=O) groups is 4. The van der Waals surface area contributed by atoms with Crippen molar-refractivity contribution in [3.05, 3.63) is 97.3 Å². The predicted molar refractivity (Wildman–Crippen MR) is 224 cm³/mol. The van der Waals surface area contributed by atoms with Crippen LogP contribution >= 0.6 is 0 Å². The number of pyridine rings is 2. The zero-order valence-electron chi connectivity index (χ0n) is 34.5. The molecule has 3 atom stereocenters. The number of nitrogens with one attached hydrogen (secondary N) is 3. The minimum atomic E-state index is -2.01. The quantitative estimate of drug-likeness (QED) is 0.0236. The number of esters is 1. The summed E-state index contributed by atoms with van der Waals surface area (Å²) in [7, 11) is 0. The molecule has 0 unspecified atom stereocenters. The Hall–Kier alpha value is -6.89. The van der Waals surface area contributed by atoms with E-state index in [0.717, 1.165) is 0 Å². The molecule has 61 heavy (non-hydrogen) atoms. The maximum absolute atomic E-state index is 13.9. The number of rotatable bonds is 16. The van der Waals surface area contributed by atoms with E-state index in [4.69, 9.17) is 30.7 Å². The van der Waals surface area contributed by atoms with E-state index in [1.807, 2.05) is 27.7 Å². The highest BCUT2D eigenvalue weighted by Gasteiger charge is 2.51. The topological polar surface area (TPSA) is 274 Å². The highest BCUT2D eigenvalue weighted by Crippen LogP contribution is 2.41. The summed E-state index contributed by atoms with van der Waals surface area (Å²) in [5.74, 6) is -1.76. The Morgan fingerprint density at radius 1 is 1.05 bits per heavy atom. The van der Waals surface area contributed by atoms with Crippen LogP contribution in [-0.2, 0) is 54.0 Å². The van der Waals surface area contributed by atoms with Crippen LogP contribution in [0.5, 0.6) is 0 Å². The number of guanidine groups is 1. The van der Waals surface area contributed by atoms with Crippen molar-refractivity contribution >= 4 is 52.2 Å². The lowest BCUT2D eigenvalue weighted by molar-refractivity contribution is -0.384. The molecule has 0 radical (unpaired) electrons. The number of nitrogens with two attached hydrogens (primary N) is 2. The summed E-state index contributed by atoms with van der Waals surface area (Å²) >= 11 is 0. The van der Waals surface area contributed by atoms with Crippen LogP contribution in [0.4, 0.5) is 16.2 Å². The fourth-order valence-electron chi connectivity index (χ4n) is 7.44. The molecule has 2 amide bonds. The first-order chi connectivity index (χ1) is 29.0. The second kappa shape index (κ2) is 18.2. The molecular formula is C42H49N9O10. The summed E-state index contributed by atoms with van der Waals surface area (Å²) in [4.78, 5) is 86.9. The van der Waals surface area contributed by atoms with Gasteiger partial charge in [0.1, 0.15) is 19.3 Å². The summed E-state index contributed by atoms with van der Waals surface area (Å²) in [5.41, 5.74) is 11.5. The van der Waals surface area contributed by atoms with Crippen molar-refractivity contribution < 1.29 is 38.3 Å². The van der Waals surface area contributed by atoms with Crippen LogP contribution in [0.3, 0.4) is 0 Å². The molecule has 2 aromatic heterocycles. The molecule has 0 saturated heterocycles. The van der Waals surface area contributed by atoms with Crippen LogP contribution in [-0.4, -0.2) is 69.0 Å². The number of nitro benzene ring substituents is 1. The molecule has 19 heteroatoms. The monoisotopic (exact) mass is 839 g/mol. The second-order valence-electron chi connectivity index (χ2n) is 15.6. The van der Waals surface area contributed by atoms with Gasteiger partial charge in [-0.15, -0.1) is 0 Å². The third-order valence-electron chi connectivity index (χ3n) is 10.5. The highest BCUT2D eigenvalue weighted by molar-refractivity contribution is 5.98. The van der Waals surface area contributed by atoms with E-state index < -0.39 is 46.2 Å². The van der Waals surface area contributed by atoms with Crippen LogP contribution < -0.4 is 33.0 Å². The third kappa shape index (κ3) is 9.46. The summed E-state index contributed by atoms with van der Waals surface area (Å²) in [6.45, 7) is 9.09. The van der Waals surface area contributed by atoms with Crippen molar-refractivity contribution in [2.75, 3.05) is 11.9 Å². The van der Waals surface area contributed by atoms with Gasteiger partial charge in [0.25, 0.3) is 11.2 Å². The Morgan fingerprint density at radius 2 is 1.79 bits per heavy atom. The van der Waals surface area contributed by atoms with Gasteiger partial charge >= 0.3 is 12.1 Å². The average Bonchev–Trinajstić information content (AvgIpc) is 3.57. The Bertz CT molecular complexity index is 2460. The van der Waals surface area contributed by atoms with E-state index in [1.54, 1.807) is 43.3 Å². The van der Waals surface area contributed by atoms with Crippen molar-refractivity contribution in [3.63, 3.8) is 0 Å². The van der Waals surface area contributed by atoms with Crippen molar-refractivity contribution in [2.45, 2.75) is 97.4 Å². The molecule has 0 aliphatic carbocycles. The van der Waals surface area contributed by atoms with Crippen LogP contribution in [0.15, 0.2) is 64.4 Å². The first kappa shape index (κ1) is 43.7. The van der Waals surface area contributed by atoms with Crippen molar-refractivity contribution in [1.29, 1.82) is 0 Å². The smallest absolute Gasteiger partial charge is 0.457 e. The Morgan fingerprint density at radius 3 is 2.44 bits per heavy atom. The van der Waals surface area contributed by atoms with Gasteiger partial charge in [-0.2, -0.15) is 0 Å². The number of anilines is 1. The zero-order chi connectivity index (χ0) is 44.2. The Balaban J connectivity index is 1.14. The number of carbonyl (C=O) groups excluding carboxylic acids is 4. The molecule has 19 nitrogen and oxygen atoms in total. The normalized spacial score (nSPS) is 16.1. The minimum Gasteiger partial charge on any atom is -0.457 e. The standard InChI is InChI=1S/C42H49N9O10/c1-6-42(30-18-33-35-26(19-50(33)38(54)29(30)21-59-39(42)55)16-25-17-28(51(57)58)13-14-31(25)48-35)61-41(56)60-20-24-9-11-27(12-10-24)47-36(52)32(8-7-15-45-40(43)44)49-37(53)34(22(2)3)46-23(4)5/h9-14,16-18,22-23,32,34,46H,6-8,15,19-21H2,1-5H3,(H,47,52)(H,49,53)(H4,43,44,45)/t32-,34-,42-/m0/s1. The second-order valence-corrected chi connectivity index (χ2v) is 15.6. The molecule has 4 aromatic rings. The number of nitrogens with zero attached hydrogens (tertiary/aromatic N) is 4. The van der Waals surface area contributed by atoms with Gasteiger partial charge in [-0.1, -0.05) is 46.8 Å². The van der Waals surface area contributed by atoms with Gasteiger partial charge in [0.15, 0.2) is 5.96 Å².